The molecule has 1 N–H and O–H groups in total. The van der Waals surface area contributed by atoms with Gasteiger partial charge in [0.05, 0.1) is 15.0 Å². The van der Waals surface area contributed by atoms with E-state index in [4.69, 9.17) is 21.3 Å². The molecule has 0 saturated carbocycles. The Bertz CT molecular complexity index is 1050. The number of halogens is 4. The first-order chi connectivity index (χ1) is 15.9. The zero-order chi connectivity index (χ0) is 23.2. The van der Waals surface area contributed by atoms with Gasteiger partial charge < -0.3 is 15.0 Å². The molecule has 3 aliphatic heterocycles. The van der Waals surface area contributed by atoms with Crippen molar-refractivity contribution < 1.29 is 13.5 Å². The fraction of sp³-hybridized carbons (Fsp3) is 0.652. The first kappa shape index (κ1) is 23.5. The van der Waals surface area contributed by atoms with Gasteiger partial charge in [0.15, 0.2) is 5.82 Å². The minimum atomic E-state index is -0.838. The summed E-state index contributed by atoms with van der Waals surface area (Å²) in [4.78, 5) is 13.5. The first-order valence-corrected chi connectivity index (χ1v) is 12.9. The third kappa shape index (κ3) is 4.42. The number of fused-ring (bicyclic) bond motifs is 2. The van der Waals surface area contributed by atoms with Gasteiger partial charge in [0, 0.05) is 37.5 Å². The van der Waals surface area contributed by atoms with E-state index >= 15 is 4.39 Å². The van der Waals surface area contributed by atoms with Gasteiger partial charge in [-0.3, -0.25) is 4.90 Å². The normalized spacial score (nSPS) is 28.3. The van der Waals surface area contributed by atoms with Crippen molar-refractivity contribution in [2.45, 2.75) is 56.3 Å². The highest BCUT2D eigenvalue weighted by Gasteiger charge is 2.49. The van der Waals surface area contributed by atoms with E-state index < -0.39 is 12.0 Å². The van der Waals surface area contributed by atoms with Crippen LogP contribution in [0.25, 0.3) is 10.9 Å². The predicted octanol–water partition coefficient (Wildman–Crippen LogP) is 4.72. The minimum absolute atomic E-state index is 0.128. The Morgan fingerprint density at radius 2 is 2.12 bits per heavy atom. The van der Waals surface area contributed by atoms with Gasteiger partial charge in [-0.2, -0.15) is 9.97 Å². The van der Waals surface area contributed by atoms with Crippen LogP contribution >= 0.6 is 27.5 Å². The molecule has 1 aromatic carbocycles. The third-order valence-corrected chi connectivity index (χ3v) is 8.75. The van der Waals surface area contributed by atoms with E-state index in [0.717, 1.165) is 51.7 Å². The largest absolute Gasteiger partial charge is 0.461 e. The number of rotatable bonds is 5. The lowest BCUT2D eigenvalue weighted by molar-refractivity contribution is 0.107. The Morgan fingerprint density at radius 3 is 2.94 bits per heavy atom. The monoisotopic (exact) mass is 543 g/mol. The van der Waals surface area contributed by atoms with Gasteiger partial charge in [-0.05, 0) is 67.7 Å². The summed E-state index contributed by atoms with van der Waals surface area (Å²) in [6.07, 6.45) is 4.57. The summed E-state index contributed by atoms with van der Waals surface area (Å²) in [5, 5.41) is 4.21. The second kappa shape index (κ2) is 9.40. The van der Waals surface area contributed by atoms with Crippen LogP contribution in [0.4, 0.5) is 14.6 Å². The molecule has 3 atom stereocenters. The van der Waals surface area contributed by atoms with Crippen molar-refractivity contribution in [3.05, 3.63) is 21.4 Å². The van der Waals surface area contributed by atoms with Crippen LogP contribution in [0.1, 0.15) is 38.5 Å². The molecule has 5 rings (SSSR count). The zero-order valence-electron chi connectivity index (χ0n) is 18.7. The second-order valence-corrected chi connectivity index (χ2v) is 10.7. The molecule has 4 heterocycles. The van der Waals surface area contributed by atoms with Gasteiger partial charge in [0.1, 0.15) is 24.1 Å². The number of benzene rings is 1. The van der Waals surface area contributed by atoms with E-state index in [0.29, 0.717) is 36.8 Å². The van der Waals surface area contributed by atoms with E-state index in [-0.39, 0.29) is 26.6 Å². The summed E-state index contributed by atoms with van der Waals surface area (Å²) in [5.74, 6) is 0.106. The molecule has 3 saturated heterocycles. The molecular weight excluding hydrogens is 516 g/mol. The van der Waals surface area contributed by atoms with Crippen LogP contribution < -0.4 is 15.0 Å². The van der Waals surface area contributed by atoms with Gasteiger partial charge in [-0.25, -0.2) is 8.78 Å². The van der Waals surface area contributed by atoms with E-state index in [9.17, 15) is 4.39 Å². The number of ether oxygens (including phenoxy) is 1. The van der Waals surface area contributed by atoms with Crippen LogP contribution in [0, 0.1) is 5.82 Å². The molecule has 10 heteroatoms. The number of alkyl halides is 1. The van der Waals surface area contributed by atoms with E-state index in [1.54, 1.807) is 6.07 Å². The van der Waals surface area contributed by atoms with Gasteiger partial charge in [0.2, 0.25) is 0 Å². The first-order valence-electron chi connectivity index (χ1n) is 11.7. The molecule has 0 aliphatic carbocycles. The molecule has 0 radical (unpaired) electrons. The Morgan fingerprint density at radius 1 is 1.27 bits per heavy atom. The average Bonchev–Trinajstić information content (AvgIpc) is 3.21. The molecule has 0 amide bonds. The van der Waals surface area contributed by atoms with Crippen LogP contribution in [-0.2, 0) is 0 Å². The molecule has 0 spiro atoms. The number of nitrogens with one attached hydrogen (secondary N) is 1. The molecular formula is C23H29BrClF2N5O. The molecule has 3 aliphatic rings. The molecule has 0 bridgehead atoms. The SMILES string of the molecule is CNC1CCCN(c2nc(OC[C@@]34CCCN3C[C@H](F)C4)nc3c(F)c(Br)c(Cl)cc23)CC1. The van der Waals surface area contributed by atoms with Crippen molar-refractivity contribution in [2.75, 3.05) is 44.7 Å². The molecule has 6 nitrogen and oxygen atoms in total. The molecule has 2 aromatic rings. The number of anilines is 1. The second-order valence-electron chi connectivity index (χ2n) is 9.48. The smallest absolute Gasteiger partial charge is 0.319 e. The average molecular weight is 545 g/mol. The standard InChI is InChI=1S/C23H29BrClF2N5O/c1-28-15-4-2-7-31(9-5-15)21-16-10-17(25)18(24)19(27)20(16)29-22(30-21)33-13-23-6-3-8-32(23)12-14(26)11-23/h10,14-15,28H,2-9,11-13H2,1H3/t14-,15?,23+/m1/s1. The summed E-state index contributed by atoms with van der Waals surface area (Å²) >= 11 is 9.53. The van der Waals surface area contributed by atoms with Crippen LogP contribution in [0.3, 0.4) is 0 Å². The lowest BCUT2D eigenvalue weighted by atomic mass is 9.95. The Balaban J connectivity index is 1.50. The summed E-state index contributed by atoms with van der Waals surface area (Å²) in [7, 11) is 1.98. The highest BCUT2D eigenvalue weighted by atomic mass is 79.9. The van der Waals surface area contributed by atoms with Crippen LogP contribution in [0.15, 0.2) is 10.5 Å². The number of hydrogen-bond donors (Lipinski definition) is 1. The zero-order valence-corrected chi connectivity index (χ0v) is 21.1. The summed E-state index contributed by atoms with van der Waals surface area (Å²) in [6, 6.07) is 2.28. The van der Waals surface area contributed by atoms with Gasteiger partial charge >= 0.3 is 6.01 Å². The maximum absolute atomic E-state index is 15.2. The van der Waals surface area contributed by atoms with Crippen molar-refractivity contribution in [3.63, 3.8) is 0 Å². The highest BCUT2D eigenvalue weighted by Crippen LogP contribution is 2.41. The maximum atomic E-state index is 15.2. The minimum Gasteiger partial charge on any atom is -0.461 e. The lowest BCUT2D eigenvalue weighted by Gasteiger charge is -2.31. The Labute approximate surface area is 206 Å². The molecule has 180 valence electrons. The van der Waals surface area contributed by atoms with E-state index in [1.807, 2.05) is 7.05 Å². The summed E-state index contributed by atoms with van der Waals surface area (Å²) in [6.45, 7) is 3.23. The highest BCUT2D eigenvalue weighted by molar-refractivity contribution is 9.10. The van der Waals surface area contributed by atoms with E-state index in [1.165, 1.54) is 0 Å². The molecule has 1 unspecified atom stereocenters. The van der Waals surface area contributed by atoms with Crippen molar-refractivity contribution in [3.8, 4) is 6.01 Å². The fourth-order valence-corrected chi connectivity index (χ4v) is 6.18. The predicted molar refractivity (Wildman–Crippen MR) is 130 cm³/mol. The molecule has 3 fully saturated rings. The van der Waals surface area contributed by atoms with Crippen molar-refractivity contribution in [2.24, 2.45) is 0 Å². The number of nitrogens with zero attached hydrogens (tertiary/aromatic N) is 4. The van der Waals surface area contributed by atoms with Crippen LogP contribution in [0.2, 0.25) is 5.02 Å². The third-order valence-electron chi connectivity index (χ3n) is 7.45. The van der Waals surface area contributed by atoms with Crippen LogP contribution in [-0.4, -0.2) is 72.5 Å². The van der Waals surface area contributed by atoms with Gasteiger partial charge in [0.25, 0.3) is 0 Å². The van der Waals surface area contributed by atoms with Gasteiger partial charge in [-0.15, -0.1) is 0 Å². The molecule has 1 aromatic heterocycles. The maximum Gasteiger partial charge on any atom is 0.319 e. The summed E-state index contributed by atoms with van der Waals surface area (Å²) < 4.78 is 35.7. The van der Waals surface area contributed by atoms with Crippen molar-refractivity contribution in [1.82, 2.24) is 20.2 Å². The fourth-order valence-electron chi connectivity index (χ4n) is 5.69. The van der Waals surface area contributed by atoms with Crippen molar-refractivity contribution in [1.29, 1.82) is 0 Å². The number of hydrogen-bond acceptors (Lipinski definition) is 6. The quantitative estimate of drug-likeness (QED) is 0.550. The van der Waals surface area contributed by atoms with Gasteiger partial charge in [-0.1, -0.05) is 11.6 Å². The topological polar surface area (TPSA) is 53.5 Å². The van der Waals surface area contributed by atoms with E-state index in [2.05, 4.69) is 36.0 Å². The molecule has 33 heavy (non-hydrogen) atoms. The van der Waals surface area contributed by atoms with Crippen LogP contribution in [0.5, 0.6) is 6.01 Å². The van der Waals surface area contributed by atoms with Crippen molar-refractivity contribution >= 4 is 44.3 Å². The lowest BCUT2D eigenvalue weighted by Crippen LogP contribution is -2.43. The Hall–Kier alpha value is -1.29. The summed E-state index contributed by atoms with van der Waals surface area (Å²) in [5.41, 5.74) is -0.143. The Kier molecular flexibility index (Phi) is 6.68. The number of aromatic nitrogens is 2.